The minimum atomic E-state index is 0.489. The Kier molecular flexibility index (Phi) is 3.39. The summed E-state index contributed by atoms with van der Waals surface area (Å²) >= 11 is 0. The minimum absolute atomic E-state index is 0.489. The lowest BCUT2D eigenvalue weighted by Gasteiger charge is -2.25. The van der Waals surface area contributed by atoms with Crippen LogP contribution in [0.25, 0.3) is 0 Å². The molecule has 2 N–H and O–H groups in total. The predicted octanol–water partition coefficient (Wildman–Crippen LogP) is 1.79. The lowest BCUT2D eigenvalue weighted by atomic mass is 9.98. The van der Waals surface area contributed by atoms with Crippen molar-refractivity contribution in [3.63, 3.8) is 0 Å². The summed E-state index contributed by atoms with van der Waals surface area (Å²) in [4.78, 5) is 0. The molecular formula is C13H20N2. The van der Waals surface area contributed by atoms with E-state index in [0.29, 0.717) is 6.04 Å². The summed E-state index contributed by atoms with van der Waals surface area (Å²) in [6, 6.07) is 7.34. The Morgan fingerprint density at radius 1 is 1.33 bits per heavy atom. The van der Waals surface area contributed by atoms with Crippen molar-refractivity contribution in [1.29, 1.82) is 0 Å². The van der Waals surface area contributed by atoms with Crippen molar-refractivity contribution in [1.82, 2.24) is 10.6 Å². The van der Waals surface area contributed by atoms with Gasteiger partial charge >= 0.3 is 0 Å². The maximum Gasteiger partial charge on any atom is 0.0447 e. The van der Waals surface area contributed by atoms with Crippen molar-refractivity contribution >= 4 is 0 Å². The van der Waals surface area contributed by atoms with Gasteiger partial charge in [0.1, 0.15) is 0 Å². The number of aryl methyl sites for hydroxylation is 2. The Morgan fingerprint density at radius 3 is 2.80 bits per heavy atom. The van der Waals surface area contributed by atoms with Crippen LogP contribution >= 0.6 is 0 Å². The zero-order valence-corrected chi connectivity index (χ0v) is 9.64. The Morgan fingerprint density at radius 2 is 2.20 bits per heavy atom. The molecule has 0 saturated carbocycles. The molecule has 1 fully saturated rings. The SMILES string of the molecule is CCc1ccc(C2CNCCN2)cc1C. The second-order valence-corrected chi connectivity index (χ2v) is 4.25. The normalized spacial score (nSPS) is 21.6. The molecule has 1 unspecified atom stereocenters. The smallest absolute Gasteiger partial charge is 0.0447 e. The third-order valence-electron chi connectivity index (χ3n) is 3.19. The van der Waals surface area contributed by atoms with E-state index in [9.17, 15) is 0 Å². The van der Waals surface area contributed by atoms with Gasteiger partial charge < -0.3 is 10.6 Å². The number of hydrogen-bond acceptors (Lipinski definition) is 2. The van der Waals surface area contributed by atoms with Crippen molar-refractivity contribution in [2.24, 2.45) is 0 Å². The Bertz CT molecular complexity index is 327. The molecule has 15 heavy (non-hydrogen) atoms. The van der Waals surface area contributed by atoms with E-state index in [0.717, 1.165) is 26.1 Å². The van der Waals surface area contributed by atoms with E-state index in [2.05, 4.69) is 42.7 Å². The molecule has 2 heteroatoms. The lowest BCUT2D eigenvalue weighted by Crippen LogP contribution is -2.42. The standard InChI is InChI=1S/C13H20N2/c1-3-11-4-5-12(8-10(11)2)13-9-14-6-7-15-13/h4-5,8,13-15H,3,6-7,9H2,1-2H3. The molecule has 1 aliphatic heterocycles. The first-order chi connectivity index (χ1) is 7.31. The molecule has 1 aromatic rings. The lowest BCUT2D eigenvalue weighted by molar-refractivity contribution is 0.430. The molecule has 0 bridgehead atoms. The summed E-state index contributed by atoms with van der Waals surface area (Å²) in [5.74, 6) is 0. The fourth-order valence-corrected chi connectivity index (χ4v) is 2.22. The van der Waals surface area contributed by atoms with E-state index in [-0.39, 0.29) is 0 Å². The van der Waals surface area contributed by atoms with Gasteiger partial charge in [-0.15, -0.1) is 0 Å². The number of rotatable bonds is 2. The molecule has 1 heterocycles. The predicted molar refractivity (Wildman–Crippen MR) is 64.2 cm³/mol. The van der Waals surface area contributed by atoms with Gasteiger partial charge in [-0.1, -0.05) is 25.1 Å². The van der Waals surface area contributed by atoms with Crippen LogP contribution in [0.5, 0.6) is 0 Å². The van der Waals surface area contributed by atoms with Gasteiger partial charge in [0.05, 0.1) is 0 Å². The van der Waals surface area contributed by atoms with E-state index < -0.39 is 0 Å². The second-order valence-electron chi connectivity index (χ2n) is 4.25. The van der Waals surface area contributed by atoms with Crippen LogP contribution in [0.1, 0.15) is 29.7 Å². The van der Waals surface area contributed by atoms with E-state index in [1.54, 1.807) is 0 Å². The molecule has 0 aliphatic carbocycles. The van der Waals surface area contributed by atoms with Gasteiger partial charge in [0.15, 0.2) is 0 Å². The van der Waals surface area contributed by atoms with E-state index in [1.165, 1.54) is 16.7 Å². The number of nitrogens with one attached hydrogen (secondary N) is 2. The largest absolute Gasteiger partial charge is 0.314 e. The van der Waals surface area contributed by atoms with Crippen molar-refractivity contribution < 1.29 is 0 Å². The summed E-state index contributed by atoms with van der Waals surface area (Å²) in [7, 11) is 0. The van der Waals surface area contributed by atoms with Gasteiger partial charge in [-0.3, -0.25) is 0 Å². The Labute approximate surface area is 92.1 Å². The van der Waals surface area contributed by atoms with Gasteiger partial charge in [-0.05, 0) is 30.0 Å². The average molecular weight is 204 g/mol. The first-order valence-electron chi connectivity index (χ1n) is 5.84. The van der Waals surface area contributed by atoms with Gasteiger partial charge in [-0.2, -0.15) is 0 Å². The van der Waals surface area contributed by atoms with Gasteiger partial charge in [-0.25, -0.2) is 0 Å². The fraction of sp³-hybridized carbons (Fsp3) is 0.538. The van der Waals surface area contributed by atoms with E-state index in [4.69, 9.17) is 0 Å². The molecule has 82 valence electrons. The highest BCUT2D eigenvalue weighted by Crippen LogP contribution is 2.18. The highest BCUT2D eigenvalue weighted by Gasteiger charge is 2.14. The molecule has 0 amide bonds. The topological polar surface area (TPSA) is 24.1 Å². The molecule has 0 radical (unpaired) electrons. The molecule has 1 aliphatic rings. The zero-order valence-electron chi connectivity index (χ0n) is 9.64. The quantitative estimate of drug-likeness (QED) is 0.767. The van der Waals surface area contributed by atoms with Gasteiger partial charge in [0.2, 0.25) is 0 Å². The maximum absolute atomic E-state index is 3.54. The first-order valence-corrected chi connectivity index (χ1v) is 5.84. The third-order valence-corrected chi connectivity index (χ3v) is 3.19. The van der Waals surface area contributed by atoms with Crippen LogP contribution in [0.3, 0.4) is 0 Å². The highest BCUT2D eigenvalue weighted by molar-refractivity contribution is 5.33. The van der Waals surface area contributed by atoms with E-state index in [1.807, 2.05) is 0 Å². The van der Waals surface area contributed by atoms with Crippen LogP contribution in [-0.2, 0) is 6.42 Å². The van der Waals surface area contributed by atoms with Gasteiger partial charge in [0, 0.05) is 25.7 Å². The highest BCUT2D eigenvalue weighted by atomic mass is 15.1. The summed E-state index contributed by atoms with van der Waals surface area (Å²) in [6.45, 7) is 7.62. The average Bonchev–Trinajstić information content (AvgIpc) is 2.30. The summed E-state index contributed by atoms with van der Waals surface area (Å²) < 4.78 is 0. The number of hydrogen-bond donors (Lipinski definition) is 2. The molecule has 0 spiro atoms. The summed E-state index contributed by atoms with van der Waals surface area (Å²) in [6.07, 6.45) is 1.13. The molecule has 1 atom stereocenters. The fourth-order valence-electron chi connectivity index (χ4n) is 2.22. The maximum atomic E-state index is 3.54. The van der Waals surface area contributed by atoms with Crippen molar-refractivity contribution in [2.45, 2.75) is 26.3 Å². The molecule has 2 rings (SSSR count). The van der Waals surface area contributed by atoms with Crippen LogP contribution in [0.4, 0.5) is 0 Å². The van der Waals surface area contributed by atoms with Crippen molar-refractivity contribution in [2.75, 3.05) is 19.6 Å². The van der Waals surface area contributed by atoms with Crippen LogP contribution in [0.15, 0.2) is 18.2 Å². The molecule has 0 aromatic heterocycles. The van der Waals surface area contributed by atoms with Crippen LogP contribution in [-0.4, -0.2) is 19.6 Å². The molecule has 2 nitrogen and oxygen atoms in total. The number of benzene rings is 1. The second kappa shape index (κ2) is 4.77. The van der Waals surface area contributed by atoms with Crippen LogP contribution in [0.2, 0.25) is 0 Å². The van der Waals surface area contributed by atoms with Crippen molar-refractivity contribution in [3.05, 3.63) is 34.9 Å². The molecule has 1 saturated heterocycles. The zero-order chi connectivity index (χ0) is 10.7. The minimum Gasteiger partial charge on any atom is -0.314 e. The summed E-state index contributed by atoms with van der Waals surface area (Å²) in [5, 5.41) is 6.96. The first kappa shape index (κ1) is 10.7. The van der Waals surface area contributed by atoms with E-state index >= 15 is 0 Å². The summed E-state index contributed by atoms with van der Waals surface area (Å²) in [5.41, 5.74) is 4.29. The van der Waals surface area contributed by atoms with Gasteiger partial charge in [0.25, 0.3) is 0 Å². The third kappa shape index (κ3) is 2.39. The van der Waals surface area contributed by atoms with Crippen molar-refractivity contribution in [3.8, 4) is 0 Å². The van der Waals surface area contributed by atoms with Crippen LogP contribution < -0.4 is 10.6 Å². The molecule has 1 aromatic carbocycles. The Hall–Kier alpha value is -0.860. The number of piperazine rings is 1. The van der Waals surface area contributed by atoms with Crippen LogP contribution in [0, 0.1) is 6.92 Å². The Balaban J connectivity index is 2.17. The molecular weight excluding hydrogens is 184 g/mol. The monoisotopic (exact) mass is 204 g/mol.